The van der Waals surface area contributed by atoms with Crippen molar-refractivity contribution in [1.82, 2.24) is 10.2 Å². The number of hydrogen-bond acceptors (Lipinski definition) is 3. The van der Waals surface area contributed by atoms with Crippen LogP contribution in [0.5, 0.6) is 0 Å². The second kappa shape index (κ2) is 10.1. The quantitative estimate of drug-likeness (QED) is 0.755. The zero-order valence-corrected chi connectivity index (χ0v) is 15.4. The first kappa shape index (κ1) is 20.2. The molecule has 24 heavy (non-hydrogen) atoms. The molecule has 0 aromatic heterocycles. The van der Waals surface area contributed by atoms with E-state index < -0.39 is 12.1 Å². The Morgan fingerprint density at radius 2 is 1.71 bits per heavy atom. The molecule has 0 fully saturated rings. The van der Waals surface area contributed by atoms with E-state index in [1.807, 2.05) is 58.0 Å². The Labute approximate surface area is 145 Å². The van der Waals surface area contributed by atoms with Gasteiger partial charge in [-0.25, -0.2) is 0 Å². The van der Waals surface area contributed by atoms with E-state index in [-0.39, 0.29) is 11.8 Å². The Kier molecular flexibility index (Phi) is 8.47. The van der Waals surface area contributed by atoms with Crippen LogP contribution in [-0.2, 0) is 14.3 Å². The highest BCUT2D eigenvalue weighted by Crippen LogP contribution is 2.17. The van der Waals surface area contributed by atoms with E-state index in [2.05, 4.69) is 5.32 Å². The molecular weight excluding hydrogens is 304 g/mol. The molecule has 5 nitrogen and oxygen atoms in total. The summed E-state index contributed by atoms with van der Waals surface area (Å²) in [6, 6.07) is 8.65. The molecule has 1 aromatic carbocycles. The Balaban J connectivity index is 3.01. The normalized spacial score (nSPS) is 13.4. The molecule has 0 aliphatic carbocycles. The summed E-state index contributed by atoms with van der Waals surface area (Å²) >= 11 is 0. The number of methoxy groups -OCH3 is 1. The van der Waals surface area contributed by atoms with Crippen LogP contribution < -0.4 is 5.32 Å². The van der Waals surface area contributed by atoms with Crippen LogP contribution >= 0.6 is 0 Å². The molecule has 5 heteroatoms. The van der Waals surface area contributed by atoms with Gasteiger partial charge in [0.1, 0.15) is 12.1 Å². The third-order valence-corrected chi connectivity index (χ3v) is 4.00. The number of amides is 2. The third-order valence-electron chi connectivity index (χ3n) is 4.00. The SMILES string of the molecule is CCN(CC)C(=O)C(NC(=O)C(CC(C)C)OC)c1ccccc1. The highest BCUT2D eigenvalue weighted by Gasteiger charge is 2.29. The highest BCUT2D eigenvalue weighted by atomic mass is 16.5. The predicted octanol–water partition coefficient (Wildman–Crippen LogP) is 2.77. The number of carbonyl (C=O) groups is 2. The van der Waals surface area contributed by atoms with Gasteiger partial charge in [0.15, 0.2) is 0 Å². The molecule has 134 valence electrons. The van der Waals surface area contributed by atoms with E-state index in [0.717, 1.165) is 5.56 Å². The number of ether oxygens (including phenoxy) is 1. The molecule has 0 heterocycles. The van der Waals surface area contributed by atoms with Crippen LogP contribution in [0.3, 0.4) is 0 Å². The summed E-state index contributed by atoms with van der Waals surface area (Å²) in [5.74, 6) is -0.0196. The molecule has 1 rings (SSSR count). The molecule has 2 amide bonds. The van der Waals surface area contributed by atoms with Crippen molar-refractivity contribution in [3.63, 3.8) is 0 Å². The number of benzene rings is 1. The van der Waals surface area contributed by atoms with Crippen LogP contribution in [0.25, 0.3) is 0 Å². The van der Waals surface area contributed by atoms with Gasteiger partial charge >= 0.3 is 0 Å². The minimum Gasteiger partial charge on any atom is -0.372 e. The summed E-state index contributed by atoms with van der Waals surface area (Å²) < 4.78 is 5.32. The first-order valence-corrected chi connectivity index (χ1v) is 8.61. The summed E-state index contributed by atoms with van der Waals surface area (Å²) in [4.78, 5) is 27.2. The molecule has 2 atom stereocenters. The summed E-state index contributed by atoms with van der Waals surface area (Å²) in [5.41, 5.74) is 0.780. The van der Waals surface area contributed by atoms with Gasteiger partial charge in [-0.1, -0.05) is 44.2 Å². The number of hydrogen-bond donors (Lipinski definition) is 1. The van der Waals surface area contributed by atoms with E-state index in [9.17, 15) is 9.59 Å². The number of rotatable bonds is 9. The van der Waals surface area contributed by atoms with Gasteiger partial charge < -0.3 is 15.0 Å². The van der Waals surface area contributed by atoms with Gasteiger partial charge in [0.05, 0.1) is 0 Å². The smallest absolute Gasteiger partial charge is 0.250 e. The molecule has 0 saturated carbocycles. The van der Waals surface area contributed by atoms with Gasteiger partial charge in [0.25, 0.3) is 0 Å². The second-order valence-corrected chi connectivity index (χ2v) is 6.22. The van der Waals surface area contributed by atoms with Crippen molar-refractivity contribution in [3.8, 4) is 0 Å². The monoisotopic (exact) mass is 334 g/mol. The Morgan fingerprint density at radius 3 is 2.17 bits per heavy atom. The molecule has 0 aliphatic rings. The lowest BCUT2D eigenvalue weighted by molar-refractivity contribution is -0.140. The topological polar surface area (TPSA) is 58.6 Å². The van der Waals surface area contributed by atoms with Crippen LogP contribution in [0, 0.1) is 5.92 Å². The van der Waals surface area contributed by atoms with Gasteiger partial charge in [0, 0.05) is 20.2 Å². The molecule has 0 radical (unpaired) electrons. The fourth-order valence-corrected chi connectivity index (χ4v) is 2.62. The van der Waals surface area contributed by atoms with Crippen molar-refractivity contribution in [2.45, 2.75) is 46.3 Å². The summed E-state index contributed by atoms with van der Waals surface area (Å²) in [6.07, 6.45) is 0.0595. The maximum atomic E-state index is 12.8. The van der Waals surface area contributed by atoms with E-state index in [1.54, 1.807) is 4.90 Å². The van der Waals surface area contributed by atoms with Crippen LogP contribution in [0.1, 0.15) is 45.7 Å². The number of likely N-dealkylation sites (N-methyl/N-ethyl adjacent to an activating group) is 1. The van der Waals surface area contributed by atoms with Crippen molar-refractivity contribution in [1.29, 1.82) is 0 Å². The van der Waals surface area contributed by atoms with E-state index in [4.69, 9.17) is 4.74 Å². The molecule has 2 unspecified atom stereocenters. The summed E-state index contributed by atoms with van der Waals surface area (Å²) in [6.45, 7) is 9.15. The largest absolute Gasteiger partial charge is 0.372 e. The van der Waals surface area contributed by atoms with Crippen molar-refractivity contribution in [3.05, 3.63) is 35.9 Å². The zero-order valence-electron chi connectivity index (χ0n) is 15.4. The van der Waals surface area contributed by atoms with Crippen molar-refractivity contribution >= 4 is 11.8 Å². The van der Waals surface area contributed by atoms with Crippen molar-refractivity contribution in [2.75, 3.05) is 20.2 Å². The van der Waals surface area contributed by atoms with Crippen LogP contribution in [0.2, 0.25) is 0 Å². The Morgan fingerprint density at radius 1 is 1.12 bits per heavy atom. The molecule has 0 aliphatic heterocycles. The number of nitrogens with one attached hydrogen (secondary N) is 1. The lowest BCUT2D eigenvalue weighted by atomic mass is 10.0. The molecule has 0 saturated heterocycles. The molecule has 0 spiro atoms. The first-order valence-electron chi connectivity index (χ1n) is 8.61. The first-order chi connectivity index (χ1) is 11.4. The van der Waals surface area contributed by atoms with Gasteiger partial charge in [0.2, 0.25) is 11.8 Å². The van der Waals surface area contributed by atoms with Gasteiger partial charge in [-0.3, -0.25) is 9.59 Å². The number of carbonyl (C=O) groups excluding carboxylic acids is 2. The standard InChI is InChI=1S/C19H30N2O3/c1-6-21(7-2)19(23)17(15-11-9-8-10-12-15)20-18(22)16(24-5)13-14(3)4/h8-12,14,16-17H,6-7,13H2,1-5H3,(H,20,22). The van der Waals surface area contributed by atoms with Crippen molar-refractivity contribution < 1.29 is 14.3 Å². The minimum absolute atomic E-state index is 0.0982. The van der Waals surface area contributed by atoms with Gasteiger partial charge in [-0.05, 0) is 31.7 Å². The molecule has 1 aromatic rings. The molecular formula is C19H30N2O3. The molecule has 0 bridgehead atoms. The highest BCUT2D eigenvalue weighted by molar-refractivity contribution is 5.90. The summed E-state index contributed by atoms with van der Waals surface area (Å²) in [7, 11) is 1.52. The minimum atomic E-state index is -0.691. The van der Waals surface area contributed by atoms with Crippen LogP contribution in [0.15, 0.2) is 30.3 Å². The van der Waals surface area contributed by atoms with Crippen LogP contribution in [0.4, 0.5) is 0 Å². The maximum absolute atomic E-state index is 12.8. The second-order valence-electron chi connectivity index (χ2n) is 6.22. The Bertz CT molecular complexity index is 513. The zero-order chi connectivity index (χ0) is 18.1. The lowest BCUT2D eigenvalue weighted by Crippen LogP contribution is -2.46. The average molecular weight is 334 g/mol. The number of nitrogens with zero attached hydrogens (tertiary/aromatic N) is 1. The van der Waals surface area contributed by atoms with E-state index >= 15 is 0 Å². The molecule has 1 N–H and O–H groups in total. The maximum Gasteiger partial charge on any atom is 0.250 e. The van der Waals surface area contributed by atoms with E-state index in [1.165, 1.54) is 7.11 Å². The fourth-order valence-electron chi connectivity index (χ4n) is 2.62. The van der Waals surface area contributed by atoms with Gasteiger partial charge in [-0.15, -0.1) is 0 Å². The average Bonchev–Trinajstić information content (AvgIpc) is 2.58. The lowest BCUT2D eigenvalue weighted by Gasteiger charge is -2.27. The predicted molar refractivity (Wildman–Crippen MR) is 95.5 cm³/mol. The van der Waals surface area contributed by atoms with Gasteiger partial charge in [-0.2, -0.15) is 0 Å². The Hall–Kier alpha value is -1.88. The van der Waals surface area contributed by atoms with Crippen molar-refractivity contribution in [2.24, 2.45) is 5.92 Å². The third kappa shape index (κ3) is 5.64. The van der Waals surface area contributed by atoms with Crippen LogP contribution in [-0.4, -0.2) is 43.0 Å². The van der Waals surface area contributed by atoms with E-state index in [0.29, 0.717) is 25.4 Å². The fraction of sp³-hybridized carbons (Fsp3) is 0.579. The summed E-state index contributed by atoms with van der Waals surface area (Å²) in [5, 5.41) is 2.88.